The van der Waals surface area contributed by atoms with Gasteiger partial charge < -0.3 is 5.32 Å². The monoisotopic (exact) mass is 792 g/mol. The van der Waals surface area contributed by atoms with Crippen molar-refractivity contribution >= 4 is 45.3 Å². The van der Waals surface area contributed by atoms with Crippen molar-refractivity contribution in [3.05, 3.63) is 87.7 Å². The predicted molar refractivity (Wildman–Crippen MR) is 200 cm³/mol. The van der Waals surface area contributed by atoms with Gasteiger partial charge in [-0.3, -0.25) is 38.4 Å². The summed E-state index contributed by atoms with van der Waals surface area (Å²) < 4.78 is 76.4. The molecule has 2 N–H and O–H groups in total. The van der Waals surface area contributed by atoms with Gasteiger partial charge in [0.1, 0.15) is 17.4 Å². The van der Waals surface area contributed by atoms with Crippen LogP contribution in [0, 0.1) is 12.8 Å². The first-order chi connectivity index (χ1) is 27.1. The summed E-state index contributed by atoms with van der Waals surface area (Å²) in [5.41, 5.74) is 0.928. The van der Waals surface area contributed by atoms with Crippen LogP contribution in [0.3, 0.4) is 0 Å². The maximum absolute atomic E-state index is 16.3. The minimum absolute atomic E-state index is 0.0806. The number of alkyl halides is 5. The number of carbonyl (C=O) groups excluding carboxylic acids is 3. The van der Waals surface area contributed by atoms with Crippen molar-refractivity contribution in [3.8, 4) is 0 Å². The molecule has 2 aromatic carbocycles. The van der Waals surface area contributed by atoms with Crippen molar-refractivity contribution in [2.45, 2.75) is 82.0 Å². The lowest BCUT2D eigenvalue weighted by Crippen LogP contribution is -2.49. The molecule has 2 aliphatic heterocycles. The van der Waals surface area contributed by atoms with Gasteiger partial charge in [0.25, 0.3) is 11.8 Å². The molecule has 5 aromatic rings. The van der Waals surface area contributed by atoms with Crippen LogP contribution in [-0.4, -0.2) is 72.1 Å². The fourth-order valence-corrected chi connectivity index (χ4v) is 8.98. The lowest BCUT2D eigenvalue weighted by atomic mass is 9.81. The largest absolute Gasteiger partial charge is 0.433 e. The number of rotatable bonds is 7. The number of hydrogen-bond acceptors (Lipinski definition) is 7. The second-order valence-electron chi connectivity index (χ2n) is 15.6. The summed E-state index contributed by atoms with van der Waals surface area (Å²) in [4.78, 5) is 56.0. The van der Waals surface area contributed by atoms with Crippen LogP contribution in [0.4, 0.5) is 27.6 Å². The summed E-state index contributed by atoms with van der Waals surface area (Å²) in [5, 5.41) is 10.4. The number of pyridine rings is 1. The van der Waals surface area contributed by atoms with Crippen LogP contribution in [0.1, 0.15) is 90.3 Å². The molecule has 3 aliphatic rings. The Morgan fingerprint density at radius 2 is 1.77 bits per heavy atom. The van der Waals surface area contributed by atoms with Crippen LogP contribution in [0.5, 0.6) is 0 Å². The van der Waals surface area contributed by atoms with E-state index in [0.29, 0.717) is 46.5 Å². The molecule has 17 heteroatoms. The SMILES string of the molecule is Cc1ccc2c(c1C1CCN(C[C@H]3CC[C@H](n4cc5cc(NC(=O)c6cccc(C(F)(F)F)n6)ccc5n4)CC3)CC1(F)F)n(C)c(=O)n2C1CCC(=O)NC1=O. The minimum Gasteiger partial charge on any atom is -0.321 e. The zero-order chi connectivity index (χ0) is 40.4. The summed E-state index contributed by atoms with van der Waals surface area (Å²) in [6, 6.07) is 10.8. The Morgan fingerprint density at radius 3 is 2.49 bits per heavy atom. The molecule has 0 spiro atoms. The molecule has 8 rings (SSSR count). The number of benzene rings is 2. The number of hydrogen-bond donors (Lipinski definition) is 2. The first-order valence-electron chi connectivity index (χ1n) is 19.1. The summed E-state index contributed by atoms with van der Waals surface area (Å²) >= 11 is 0. The van der Waals surface area contributed by atoms with Crippen LogP contribution in [0.25, 0.3) is 21.9 Å². The quantitative estimate of drug-likeness (QED) is 0.142. The molecule has 2 unspecified atom stereocenters. The molecular formula is C40H41F5N8O4. The summed E-state index contributed by atoms with van der Waals surface area (Å²) in [6.45, 7) is 2.35. The van der Waals surface area contributed by atoms with Gasteiger partial charge in [0.05, 0.1) is 35.1 Å². The molecule has 2 saturated heterocycles. The first-order valence-corrected chi connectivity index (χ1v) is 19.1. The van der Waals surface area contributed by atoms with Gasteiger partial charge in [0, 0.05) is 37.3 Å². The molecule has 57 heavy (non-hydrogen) atoms. The highest BCUT2D eigenvalue weighted by atomic mass is 19.4. The van der Waals surface area contributed by atoms with Gasteiger partial charge in [-0.15, -0.1) is 0 Å². The van der Waals surface area contributed by atoms with Crippen molar-refractivity contribution in [2.24, 2.45) is 13.0 Å². The molecule has 1 aliphatic carbocycles. The molecule has 3 amide bonds. The van der Waals surface area contributed by atoms with Crippen molar-refractivity contribution in [3.63, 3.8) is 0 Å². The van der Waals surface area contributed by atoms with E-state index in [1.807, 2.05) is 15.8 Å². The average molecular weight is 793 g/mol. The highest BCUT2D eigenvalue weighted by Gasteiger charge is 2.47. The Balaban J connectivity index is 0.901. The van der Waals surface area contributed by atoms with Gasteiger partial charge >= 0.3 is 11.9 Å². The molecule has 3 fully saturated rings. The Bertz CT molecular complexity index is 2460. The van der Waals surface area contributed by atoms with Gasteiger partial charge in [0.15, 0.2) is 0 Å². The Kier molecular flexibility index (Phi) is 9.77. The molecule has 1 saturated carbocycles. The van der Waals surface area contributed by atoms with Crippen LogP contribution < -0.4 is 16.3 Å². The topological polar surface area (TPSA) is 136 Å². The van der Waals surface area contributed by atoms with Gasteiger partial charge in [-0.2, -0.15) is 18.3 Å². The first kappa shape index (κ1) is 38.4. The summed E-state index contributed by atoms with van der Waals surface area (Å²) in [5.74, 6) is -5.75. The highest BCUT2D eigenvalue weighted by Crippen LogP contribution is 2.45. The number of imidazole rings is 1. The number of aryl methyl sites for hydroxylation is 2. The van der Waals surface area contributed by atoms with E-state index in [1.165, 1.54) is 22.2 Å². The summed E-state index contributed by atoms with van der Waals surface area (Å²) in [6.07, 6.45) is 0.883. The Hall–Kier alpha value is -5.45. The standard InChI is InChI=1S/C40H41F5N8O4/c1-22-6-13-30-35(50(2)38(57)53(30)31-14-15-33(54)48-37(31)56)34(22)27-16-17-51(21-39(27,41)42)19-23-7-10-26(11-8-23)52-20-24-18-25(9-12-28(24)49-52)46-36(55)29-4-3-5-32(47-29)40(43,44)45/h3-6,9,12-13,18,20,23,26-27,31H,7-8,10-11,14-17,19,21H2,1-2H3,(H,46,55)(H,48,54,56)/t23-,26-,27?,31?. The van der Waals surface area contributed by atoms with E-state index in [-0.39, 0.29) is 36.9 Å². The molecule has 300 valence electrons. The smallest absolute Gasteiger partial charge is 0.321 e. The van der Waals surface area contributed by atoms with Crippen molar-refractivity contribution in [1.82, 2.24) is 34.1 Å². The van der Waals surface area contributed by atoms with Crippen LogP contribution in [0.2, 0.25) is 0 Å². The Morgan fingerprint density at radius 1 is 1.00 bits per heavy atom. The average Bonchev–Trinajstić information content (AvgIpc) is 3.69. The number of nitrogens with one attached hydrogen (secondary N) is 2. The van der Waals surface area contributed by atoms with E-state index >= 15 is 8.78 Å². The van der Waals surface area contributed by atoms with Crippen molar-refractivity contribution in [1.29, 1.82) is 0 Å². The third-order valence-corrected chi connectivity index (χ3v) is 11.8. The number of imide groups is 1. The van der Waals surface area contributed by atoms with E-state index in [2.05, 4.69) is 15.6 Å². The molecule has 5 heterocycles. The third kappa shape index (κ3) is 7.32. The minimum atomic E-state index is -4.67. The maximum atomic E-state index is 16.3. The van der Waals surface area contributed by atoms with E-state index < -0.39 is 59.7 Å². The number of carbonyl (C=O) groups is 3. The molecule has 0 bridgehead atoms. The number of aromatic nitrogens is 5. The number of likely N-dealkylation sites (tertiary alicyclic amines) is 1. The van der Waals surface area contributed by atoms with Crippen LogP contribution in [0.15, 0.2) is 59.5 Å². The van der Waals surface area contributed by atoms with Gasteiger partial charge in [-0.05, 0) is 105 Å². The fourth-order valence-electron chi connectivity index (χ4n) is 8.98. The number of fused-ring (bicyclic) bond motifs is 2. The van der Waals surface area contributed by atoms with Gasteiger partial charge in [-0.1, -0.05) is 12.1 Å². The molecule has 2 atom stereocenters. The normalized spacial score (nSPS) is 23.2. The van der Waals surface area contributed by atoms with E-state index in [9.17, 15) is 32.3 Å². The number of amides is 3. The highest BCUT2D eigenvalue weighted by molar-refractivity contribution is 6.04. The maximum Gasteiger partial charge on any atom is 0.433 e. The van der Waals surface area contributed by atoms with Gasteiger partial charge in [-0.25, -0.2) is 18.6 Å². The van der Waals surface area contributed by atoms with E-state index in [0.717, 1.165) is 43.2 Å². The van der Waals surface area contributed by atoms with E-state index in [1.54, 1.807) is 37.3 Å². The molecule has 0 radical (unpaired) electrons. The zero-order valence-corrected chi connectivity index (χ0v) is 31.3. The van der Waals surface area contributed by atoms with Crippen LogP contribution >= 0.6 is 0 Å². The lowest BCUT2D eigenvalue weighted by molar-refractivity contribution is -0.141. The molecule has 12 nitrogen and oxygen atoms in total. The number of anilines is 1. The number of nitrogens with zero attached hydrogens (tertiary/aromatic N) is 6. The second kappa shape index (κ2) is 14.5. The molecular weight excluding hydrogens is 751 g/mol. The van der Waals surface area contributed by atoms with Crippen molar-refractivity contribution in [2.75, 3.05) is 25.0 Å². The molecule has 3 aromatic heterocycles. The zero-order valence-electron chi connectivity index (χ0n) is 31.3. The lowest BCUT2D eigenvalue weighted by Gasteiger charge is -2.41. The van der Waals surface area contributed by atoms with Crippen LogP contribution in [-0.2, 0) is 22.8 Å². The number of halogens is 5. The fraction of sp³-hybridized carbons (Fsp3) is 0.450. The predicted octanol–water partition coefficient (Wildman–Crippen LogP) is 6.50. The third-order valence-electron chi connectivity index (χ3n) is 11.8. The Labute approximate surface area is 323 Å². The van der Waals surface area contributed by atoms with Crippen molar-refractivity contribution < 1.29 is 36.3 Å². The second-order valence-corrected chi connectivity index (χ2v) is 15.6. The number of piperidine rings is 2. The van der Waals surface area contributed by atoms with E-state index in [4.69, 9.17) is 5.10 Å². The summed E-state index contributed by atoms with van der Waals surface area (Å²) in [7, 11) is 1.54. The van der Waals surface area contributed by atoms with Gasteiger partial charge in [0.2, 0.25) is 11.8 Å².